The van der Waals surface area contributed by atoms with Crippen LogP contribution in [0.15, 0.2) is 64.8 Å². The van der Waals surface area contributed by atoms with Crippen molar-refractivity contribution in [3.63, 3.8) is 0 Å². The molecule has 2 aromatic carbocycles. The smallest absolute Gasteiger partial charge is 0.214 e. The van der Waals surface area contributed by atoms with E-state index in [9.17, 15) is 8.42 Å². The predicted molar refractivity (Wildman–Crippen MR) is 163 cm³/mol. The van der Waals surface area contributed by atoms with Crippen LogP contribution in [0.4, 0.5) is 5.82 Å². The third-order valence-corrected chi connectivity index (χ3v) is 12.3. The number of piperidine rings is 1. The van der Waals surface area contributed by atoms with E-state index in [4.69, 9.17) is 38.3 Å². The lowest BCUT2D eigenvalue weighted by molar-refractivity contribution is 0.170. The minimum absolute atomic E-state index is 0.00137. The van der Waals surface area contributed by atoms with Crippen molar-refractivity contribution in [2.75, 3.05) is 18.0 Å². The molecule has 210 valence electrons. The highest BCUT2D eigenvalue weighted by atomic mass is 35.5. The largest absolute Gasteiger partial charge is 0.357 e. The minimum Gasteiger partial charge on any atom is -0.357 e. The lowest BCUT2D eigenvalue weighted by Crippen LogP contribution is -2.46. The van der Waals surface area contributed by atoms with Gasteiger partial charge in [0.1, 0.15) is 5.82 Å². The monoisotopic (exact) mass is 615 g/mol. The SMILES string of the molecule is CC(C)(C[C@@H]1c2ccccc2CC12CCN(c1cc3nc(Sc4cccc(Cl)c4Cl)[nH]c3cn1)CC2)S(N)(=O)=O. The van der Waals surface area contributed by atoms with Crippen LogP contribution in [0.3, 0.4) is 0 Å². The number of benzene rings is 2. The van der Waals surface area contributed by atoms with Gasteiger partial charge in [-0.15, -0.1) is 0 Å². The molecule has 4 aromatic rings. The average Bonchev–Trinajstić information content (AvgIpc) is 3.44. The van der Waals surface area contributed by atoms with Crippen LogP contribution in [-0.4, -0.2) is 41.2 Å². The maximum Gasteiger partial charge on any atom is 0.214 e. The van der Waals surface area contributed by atoms with E-state index in [-0.39, 0.29) is 11.3 Å². The zero-order valence-corrected chi connectivity index (χ0v) is 25.5. The van der Waals surface area contributed by atoms with Gasteiger partial charge in [0.05, 0.1) is 32.0 Å². The van der Waals surface area contributed by atoms with Gasteiger partial charge in [0.15, 0.2) is 5.16 Å². The third kappa shape index (κ3) is 5.00. The molecule has 40 heavy (non-hydrogen) atoms. The van der Waals surface area contributed by atoms with Crippen molar-refractivity contribution in [2.24, 2.45) is 10.6 Å². The van der Waals surface area contributed by atoms with E-state index < -0.39 is 14.8 Å². The van der Waals surface area contributed by atoms with E-state index >= 15 is 0 Å². The van der Waals surface area contributed by atoms with Crippen molar-refractivity contribution in [1.82, 2.24) is 15.0 Å². The van der Waals surface area contributed by atoms with Gasteiger partial charge < -0.3 is 9.88 Å². The molecule has 0 radical (unpaired) electrons. The summed E-state index contributed by atoms with van der Waals surface area (Å²) in [4.78, 5) is 16.0. The molecule has 3 heterocycles. The molecular formula is C29H31Cl2N5O2S2. The summed E-state index contributed by atoms with van der Waals surface area (Å²) in [6, 6.07) is 16.1. The van der Waals surface area contributed by atoms with Crippen LogP contribution in [0, 0.1) is 5.41 Å². The summed E-state index contributed by atoms with van der Waals surface area (Å²) in [5.74, 6) is 1.03. The fourth-order valence-electron chi connectivity index (χ4n) is 6.27. The van der Waals surface area contributed by atoms with Gasteiger partial charge >= 0.3 is 0 Å². The van der Waals surface area contributed by atoms with E-state index in [2.05, 4.69) is 34.1 Å². The van der Waals surface area contributed by atoms with E-state index in [0.29, 0.717) is 16.5 Å². The number of pyridine rings is 1. The summed E-state index contributed by atoms with van der Waals surface area (Å²) in [5.41, 5.74) is 4.29. The number of primary sulfonamides is 1. The van der Waals surface area contributed by atoms with E-state index in [1.54, 1.807) is 19.9 Å². The Morgan fingerprint density at radius 2 is 1.90 bits per heavy atom. The molecule has 3 N–H and O–H groups in total. The summed E-state index contributed by atoms with van der Waals surface area (Å²) in [6.45, 7) is 5.18. The standard InChI is InChI=1S/C29H31Cl2N5O2S2/c1-28(2,40(32,37)38)16-20-19-7-4-3-6-18(19)15-29(20)10-12-36(13-11-29)25-14-22-23(17-33-25)35-27(34-22)39-24-9-5-8-21(30)26(24)31/h3-9,14,17,20H,10-13,15-16H2,1-2H3,(H,34,35)(H2,32,37,38)/t20-/m1/s1. The maximum absolute atomic E-state index is 12.4. The van der Waals surface area contributed by atoms with E-state index in [0.717, 1.165) is 59.3 Å². The Bertz CT molecular complexity index is 1700. The first kappa shape index (κ1) is 27.8. The van der Waals surface area contributed by atoms with Crippen molar-refractivity contribution in [1.29, 1.82) is 0 Å². The minimum atomic E-state index is -3.69. The normalized spacial score (nSPS) is 18.9. The molecule has 0 amide bonds. The number of fused-ring (bicyclic) bond motifs is 2. The van der Waals surface area contributed by atoms with Gasteiger partial charge in [0.2, 0.25) is 10.0 Å². The topological polar surface area (TPSA) is 105 Å². The Hall–Kier alpha value is -2.30. The maximum atomic E-state index is 12.4. The third-order valence-electron chi connectivity index (χ3n) is 8.72. The lowest BCUT2D eigenvalue weighted by atomic mass is 9.67. The van der Waals surface area contributed by atoms with Gasteiger partial charge in [-0.3, -0.25) is 0 Å². The summed E-state index contributed by atoms with van der Waals surface area (Å²) in [7, 11) is -3.69. The van der Waals surface area contributed by atoms with E-state index in [1.165, 1.54) is 22.9 Å². The Balaban J connectivity index is 1.22. The van der Waals surface area contributed by atoms with Crippen molar-refractivity contribution in [3.8, 4) is 0 Å². The number of sulfonamides is 1. The number of halogens is 2. The van der Waals surface area contributed by atoms with Crippen LogP contribution < -0.4 is 10.0 Å². The Labute approximate surface area is 248 Å². The number of nitrogens with zero attached hydrogens (tertiary/aromatic N) is 3. The van der Waals surface area contributed by atoms with Crippen LogP contribution in [0.1, 0.15) is 50.2 Å². The highest BCUT2D eigenvalue weighted by Gasteiger charge is 2.50. The molecule has 0 bridgehead atoms. The summed E-state index contributed by atoms with van der Waals surface area (Å²) in [6.07, 6.45) is 5.19. The molecule has 1 saturated heterocycles. The number of nitrogens with two attached hydrogens (primary N) is 1. The zero-order chi connectivity index (χ0) is 28.3. The van der Waals surface area contributed by atoms with Crippen LogP contribution >= 0.6 is 35.0 Å². The van der Waals surface area contributed by atoms with Crippen LogP contribution in [-0.2, 0) is 16.4 Å². The molecule has 0 saturated carbocycles. The second-order valence-electron chi connectivity index (χ2n) is 11.5. The fraction of sp³-hybridized carbons (Fsp3) is 0.379. The van der Waals surface area contributed by atoms with Crippen molar-refractivity contribution in [3.05, 3.63) is 75.9 Å². The summed E-state index contributed by atoms with van der Waals surface area (Å²) in [5, 5.41) is 7.41. The molecule has 2 aliphatic rings. The number of imidazole rings is 1. The first-order valence-electron chi connectivity index (χ1n) is 13.3. The second kappa shape index (κ2) is 10.2. The Morgan fingerprint density at radius 1 is 1.15 bits per heavy atom. The number of anilines is 1. The number of aromatic nitrogens is 3. The van der Waals surface area contributed by atoms with Crippen LogP contribution in [0.25, 0.3) is 11.0 Å². The Kier molecular flexibility index (Phi) is 7.11. The Morgan fingerprint density at radius 3 is 2.65 bits per heavy atom. The first-order chi connectivity index (χ1) is 19.0. The average molecular weight is 617 g/mol. The van der Waals surface area contributed by atoms with Crippen LogP contribution in [0.2, 0.25) is 10.0 Å². The quantitative estimate of drug-likeness (QED) is 0.247. The first-order valence-corrected chi connectivity index (χ1v) is 16.4. The molecular weight excluding hydrogens is 585 g/mol. The molecule has 1 aliphatic carbocycles. The lowest BCUT2D eigenvalue weighted by Gasteiger charge is -2.45. The number of rotatable bonds is 6. The van der Waals surface area contributed by atoms with E-state index in [1.807, 2.05) is 24.4 Å². The highest BCUT2D eigenvalue weighted by molar-refractivity contribution is 7.99. The number of hydrogen-bond donors (Lipinski definition) is 2. The van der Waals surface area contributed by atoms with Gasteiger partial charge in [0.25, 0.3) is 0 Å². The van der Waals surface area contributed by atoms with Gasteiger partial charge in [-0.1, -0.05) is 65.3 Å². The molecule has 7 nitrogen and oxygen atoms in total. The molecule has 1 atom stereocenters. The zero-order valence-electron chi connectivity index (χ0n) is 22.3. The molecule has 1 aliphatic heterocycles. The fourth-order valence-corrected chi connectivity index (χ4v) is 8.00. The van der Waals surface area contributed by atoms with Crippen LogP contribution in [0.5, 0.6) is 0 Å². The van der Waals surface area contributed by atoms with Crippen molar-refractivity contribution >= 4 is 61.8 Å². The number of aromatic amines is 1. The molecule has 11 heteroatoms. The second-order valence-corrected chi connectivity index (χ2v) is 15.6. The molecule has 2 aromatic heterocycles. The molecule has 0 unspecified atom stereocenters. The highest BCUT2D eigenvalue weighted by Crippen LogP contribution is 2.56. The van der Waals surface area contributed by atoms with Crippen molar-refractivity contribution < 1.29 is 8.42 Å². The number of H-pyrrole nitrogens is 1. The van der Waals surface area contributed by atoms with Gasteiger partial charge in [0, 0.05) is 24.1 Å². The number of hydrogen-bond acceptors (Lipinski definition) is 6. The molecule has 1 spiro atoms. The van der Waals surface area contributed by atoms with Gasteiger partial charge in [-0.05, 0) is 74.1 Å². The summed E-state index contributed by atoms with van der Waals surface area (Å²) >= 11 is 14.0. The van der Waals surface area contributed by atoms with Gasteiger partial charge in [-0.2, -0.15) is 0 Å². The van der Waals surface area contributed by atoms with Gasteiger partial charge in [-0.25, -0.2) is 23.5 Å². The molecule has 1 fully saturated rings. The molecule has 6 rings (SSSR count). The summed E-state index contributed by atoms with van der Waals surface area (Å²) < 4.78 is 23.9. The van der Waals surface area contributed by atoms with Crippen molar-refractivity contribution in [2.45, 2.75) is 60.2 Å². The predicted octanol–water partition coefficient (Wildman–Crippen LogP) is 6.80. The number of nitrogens with one attached hydrogen (secondary N) is 1.